The van der Waals surface area contributed by atoms with Crippen LogP contribution in [0.5, 0.6) is 5.75 Å². The number of halogens is 2. The summed E-state index contributed by atoms with van der Waals surface area (Å²) in [5.41, 5.74) is 9.13. The number of benzene rings is 1. The molecule has 1 fully saturated rings. The van der Waals surface area contributed by atoms with E-state index < -0.39 is 12.2 Å². The molecule has 5 rings (SSSR count). The van der Waals surface area contributed by atoms with Crippen molar-refractivity contribution < 1.29 is 18.3 Å². The smallest absolute Gasteiger partial charge is 0.140 e. The lowest BCUT2D eigenvalue weighted by atomic mass is 10.0. The average Bonchev–Trinajstić information content (AvgIpc) is 3.24. The van der Waals surface area contributed by atoms with E-state index in [1.54, 1.807) is 31.5 Å². The van der Waals surface area contributed by atoms with Crippen molar-refractivity contribution in [2.75, 3.05) is 38.3 Å². The van der Waals surface area contributed by atoms with Gasteiger partial charge in [0.2, 0.25) is 0 Å². The number of piperidine rings is 1. The van der Waals surface area contributed by atoms with Crippen molar-refractivity contribution in [3.8, 4) is 17.1 Å². The van der Waals surface area contributed by atoms with Gasteiger partial charge in [0.15, 0.2) is 0 Å². The monoisotopic (exact) mass is 453 g/mol. The zero-order valence-corrected chi connectivity index (χ0v) is 18.2. The van der Waals surface area contributed by atoms with Gasteiger partial charge in [-0.3, -0.25) is 4.40 Å². The van der Waals surface area contributed by atoms with Gasteiger partial charge >= 0.3 is 0 Å². The molecule has 7 nitrogen and oxygen atoms in total. The van der Waals surface area contributed by atoms with Crippen molar-refractivity contribution in [2.24, 2.45) is 5.73 Å². The minimum atomic E-state index is -1.14. The highest BCUT2D eigenvalue weighted by Crippen LogP contribution is 2.32. The topological polar surface area (TPSA) is 77.9 Å². The van der Waals surface area contributed by atoms with E-state index in [1.807, 2.05) is 27.6 Å². The standard InChI is InChI=1S/C24H25F2N5O2/c1-32-10-11-33-15-6-9-31-22(13-28-23(31)12-15)20-4-2-16-17(25)3-5-21(24(16)29-20)30-8-7-19(27)18(26)14-30/h2-6,9,12-13,18-19H,7-8,10-11,14,27H2,1H3. The summed E-state index contributed by atoms with van der Waals surface area (Å²) in [6, 6.07) is 9.75. The largest absolute Gasteiger partial charge is 0.491 e. The Balaban J connectivity index is 1.53. The van der Waals surface area contributed by atoms with E-state index in [2.05, 4.69) is 4.98 Å². The van der Waals surface area contributed by atoms with Gasteiger partial charge in [-0.05, 0) is 36.8 Å². The van der Waals surface area contributed by atoms with Crippen LogP contribution in [0.15, 0.2) is 48.8 Å². The molecule has 0 spiro atoms. The number of aromatic nitrogens is 3. The molecule has 33 heavy (non-hydrogen) atoms. The van der Waals surface area contributed by atoms with E-state index in [9.17, 15) is 8.78 Å². The third-order valence-corrected chi connectivity index (χ3v) is 6.02. The molecule has 1 aromatic carbocycles. The molecule has 2 atom stereocenters. The Morgan fingerprint density at radius 2 is 2.06 bits per heavy atom. The second-order valence-corrected chi connectivity index (χ2v) is 8.15. The molecular formula is C24H25F2N5O2. The Morgan fingerprint density at radius 3 is 2.88 bits per heavy atom. The lowest BCUT2D eigenvalue weighted by Gasteiger charge is -2.34. The number of anilines is 1. The third-order valence-electron chi connectivity index (χ3n) is 6.02. The molecule has 0 bridgehead atoms. The molecule has 0 amide bonds. The van der Waals surface area contributed by atoms with Gasteiger partial charge in [-0.2, -0.15) is 0 Å². The van der Waals surface area contributed by atoms with Crippen LogP contribution in [0.4, 0.5) is 14.5 Å². The predicted molar refractivity (Wildman–Crippen MR) is 123 cm³/mol. The van der Waals surface area contributed by atoms with Crippen molar-refractivity contribution in [1.29, 1.82) is 0 Å². The highest BCUT2D eigenvalue weighted by Gasteiger charge is 2.28. The molecule has 9 heteroatoms. The van der Waals surface area contributed by atoms with Gasteiger partial charge in [-0.1, -0.05) is 0 Å². The molecule has 0 saturated carbocycles. The minimum Gasteiger partial charge on any atom is -0.491 e. The number of nitrogens with two attached hydrogens (primary N) is 1. The van der Waals surface area contributed by atoms with Gasteiger partial charge in [0, 0.05) is 37.3 Å². The first kappa shape index (κ1) is 21.5. The lowest BCUT2D eigenvalue weighted by Crippen LogP contribution is -2.48. The van der Waals surface area contributed by atoms with Crippen LogP contribution in [-0.2, 0) is 4.74 Å². The second kappa shape index (κ2) is 8.92. The summed E-state index contributed by atoms with van der Waals surface area (Å²) in [5.74, 6) is 0.325. The number of imidazole rings is 1. The van der Waals surface area contributed by atoms with Crippen molar-refractivity contribution in [2.45, 2.75) is 18.6 Å². The third kappa shape index (κ3) is 4.09. The first-order valence-electron chi connectivity index (χ1n) is 10.9. The van der Waals surface area contributed by atoms with Crippen LogP contribution in [0, 0.1) is 5.82 Å². The van der Waals surface area contributed by atoms with E-state index in [4.69, 9.17) is 20.2 Å². The van der Waals surface area contributed by atoms with E-state index >= 15 is 0 Å². The molecule has 2 N–H and O–H groups in total. The highest BCUT2D eigenvalue weighted by atomic mass is 19.1. The first-order chi connectivity index (χ1) is 16.0. The summed E-state index contributed by atoms with van der Waals surface area (Å²) in [7, 11) is 1.62. The molecule has 172 valence electrons. The summed E-state index contributed by atoms with van der Waals surface area (Å²) < 4.78 is 41.5. The molecule has 1 aliphatic rings. The second-order valence-electron chi connectivity index (χ2n) is 8.15. The Morgan fingerprint density at radius 1 is 1.18 bits per heavy atom. The van der Waals surface area contributed by atoms with E-state index in [1.165, 1.54) is 6.07 Å². The molecule has 4 aromatic rings. The molecule has 1 aliphatic heterocycles. The molecule has 2 unspecified atom stereocenters. The van der Waals surface area contributed by atoms with Crippen LogP contribution in [0.1, 0.15) is 6.42 Å². The summed E-state index contributed by atoms with van der Waals surface area (Å²) in [4.78, 5) is 11.2. The number of pyridine rings is 2. The van der Waals surface area contributed by atoms with Gasteiger partial charge in [0.1, 0.15) is 30.0 Å². The number of fused-ring (bicyclic) bond motifs is 2. The maximum absolute atomic E-state index is 14.6. The zero-order valence-electron chi connectivity index (χ0n) is 18.2. The lowest BCUT2D eigenvalue weighted by molar-refractivity contribution is 0.146. The quantitative estimate of drug-likeness (QED) is 0.450. The number of ether oxygens (including phenoxy) is 2. The number of hydrogen-bond acceptors (Lipinski definition) is 6. The van der Waals surface area contributed by atoms with Gasteiger partial charge < -0.3 is 20.1 Å². The van der Waals surface area contributed by atoms with Crippen molar-refractivity contribution in [3.05, 3.63) is 54.6 Å². The van der Waals surface area contributed by atoms with Gasteiger partial charge in [-0.15, -0.1) is 0 Å². The molecule has 0 radical (unpaired) electrons. The number of methoxy groups -OCH3 is 1. The Kier molecular flexibility index (Phi) is 5.82. The fourth-order valence-corrected chi connectivity index (χ4v) is 4.19. The SMILES string of the molecule is COCCOc1ccn2c(-c3ccc4c(F)ccc(N5CCC(N)C(F)C5)c4n3)cnc2c1. The minimum absolute atomic E-state index is 0.162. The highest BCUT2D eigenvalue weighted by molar-refractivity contribution is 5.93. The predicted octanol–water partition coefficient (Wildman–Crippen LogP) is 3.59. The summed E-state index contributed by atoms with van der Waals surface area (Å²) >= 11 is 0. The van der Waals surface area contributed by atoms with Crippen molar-refractivity contribution in [1.82, 2.24) is 14.4 Å². The maximum atomic E-state index is 14.6. The van der Waals surface area contributed by atoms with Crippen LogP contribution >= 0.6 is 0 Å². The van der Waals surface area contributed by atoms with Gasteiger partial charge in [0.05, 0.1) is 41.9 Å². The summed E-state index contributed by atoms with van der Waals surface area (Å²) in [5, 5.41) is 0.393. The number of hydrogen-bond donors (Lipinski definition) is 1. The van der Waals surface area contributed by atoms with Crippen LogP contribution in [0.3, 0.4) is 0 Å². The zero-order chi connectivity index (χ0) is 22.9. The van der Waals surface area contributed by atoms with E-state index in [0.717, 1.165) is 5.69 Å². The van der Waals surface area contributed by atoms with E-state index in [-0.39, 0.29) is 12.4 Å². The molecular weight excluding hydrogens is 428 g/mol. The van der Waals surface area contributed by atoms with Crippen molar-refractivity contribution >= 4 is 22.2 Å². The number of alkyl halides is 1. The summed E-state index contributed by atoms with van der Waals surface area (Å²) in [6.45, 7) is 1.70. The Labute approximate surface area is 189 Å². The Bertz CT molecular complexity index is 1290. The number of nitrogens with zero attached hydrogens (tertiary/aromatic N) is 4. The van der Waals surface area contributed by atoms with Gasteiger partial charge in [-0.25, -0.2) is 18.7 Å². The van der Waals surface area contributed by atoms with Crippen LogP contribution in [0.2, 0.25) is 0 Å². The molecule has 0 aliphatic carbocycles. The fraction of sp³-hybridized carbons (Fsp3) is 0.333. The fourth-order valence-electron chi connectivity index (χ4n) is 4.19. The molecule has 4 heterocycles. The first-order valence-corrected chi connectivity index (χ1v) is 10.9. The van der Waals surface area contributed by atoms with Crippen LogP contribution in [-0.4, -0.2) is 60.0 Å². The Hall–Kier alpha value is -3.30. The molecule has 1 saturated heterocycles. The van der Waals surface area contributed by atoms with E-state index in [0.29, 0.717) is 59.9 Å². The van der Waals surface area contributed by atoms with Crippen molar-refractivity contribution in [3.63, 3.8) is 0 Å². The maximum Gasteiger partial charge on any atom is 0.140 e. The molecule has 3 aromatic heterocycles. The average molecular weight is 453 g/mol. The summed E-state index contributed by atoms with van der Waals surface area (Å²) in [6.07, 6.45) is 2.97. The number of rotatable bonds is 6. The van der Waals surface area contributed by atoms with Crippen LogP contribution in [0.25, 0.3) is 27.9 Å². The van der Waals surface area contributed by atoms with Gasteiger partial charge in [0.25, 0.3) is 0 Å². The van der Waals surface area contributed by atoms with Crippen LogP contribution < -0.4 is 15.4 Å². The normalized spacial score (nSPS) is 18.8.